The third-order valence-corrected chi connectivity index (χ3v) is 7.23. The van der Waals surface area contributed by atoms with Crippen molar-refractivity contribution >= 4 is 29.1 Å². The van der Waals surface area contributed by atoms with Gasteiger partial charge in [-0.15, -0.1) is 0 Å². The number of carbonyl (C=O) groups is 4. The largest absolute Gasteiger partial charge is 0.497 e. The van der Waals surface area contributed by atoms with E-state index in [0.29, 0.717) is 17.0 Å². The molecule has 2 aliphatic heterocycles. The van der Waals surface area contributed by atoms with E-state index in [2.05, 4.69) is 0 Å². The molecule has 174 valence electrons. The van der Waals surface area contributed by atoms with E-state index in [0.717, 1.165) is 10.5 Å². The summed E-state index contributed by atoms with van der Waals surface area (Å²) in [6, 6.07) is 20.3. The van der Waals surface area contributed by atoms with Gasteiger partial charge in [0.2, 0.25) is 29.0 Å². The van der Waals surface area contributed by atoms with Gasteiger partial charge in [0.05, 0.1) is 30.7 Å². The van der Waals surface area contributed by atoms with Crippen molar-refractivity contribution in [2.75, 3.05) is 12.0 Å². The summed E-state index contributed by atoms with van der Waals surface area (Å²) in [5.74, 6) is -4.05. The van der Waals surface area contributed by atoms with Crippen LogP contribution in [-0.4, -0.2) is 36.1 Å². The number of hydrogen-bond acceptors (Lipinski definition) is 6. The zero-order valence-electron chi connectivity index (χ0n) is 19.1. The average Bonchev–Trinajstić information content (AvgIpc) is 3.45. The Morgan fingerprint density at radius 1 is 0.829 bits per heavy atom. The van der Waals surface area contributed by atoms with Gasteiger partial charge in [0, 0.05) is 11.1 Å². The van der Waals surface area contributed by atoms with Crippen molar-refractivity contribution in [2.24, 2.45) is 11.8 Å². The molecular weight excluding hydrogens is 446 g/mol. The van der Waals surface area contributed by atoms with Gasteiger partial charge in [-0.05, 0) is 36.8 Å². The number of benzene rings is 3. The highest BCUT2D eigenvalue weighted by molar-refractivity contribution is 6.37. The fourth-order valence-corrected chi connectivity index (χ4v) is 5.58. The van der Waals surface area contributed by atoms with E-state index in [4.69, 9.17) is 9.47 Å². The SMILES string of the molecule is COc1cccc([C@@H]2OC3(C(=O)c4ccccc4C3=O)[C@@H]3C(=O)N(c4ccc(C)cc4)C(=O)[C@@H]32)c1. The summed E-state index contributed by atoms with van der Waals surface area (Å²) in [4.78, 5) is 56.3. The molecule has 2 saturated heterocycles. The van der Waals surface area contributed by atoms with Gasteiger partial charge in [0.25, 0.3) is 0 Å². The summed E-state index contributed by atoms with van der Waals surface area (Å²) in [7, 11) is 1.52. The van der Waals surface area contributed by atoms with Crippen LogP contribution in [0.1, 0.15) is 37.9 Å². The fourth-order valence-electron chi connectivity index (χ4n) is 5.58. The predicted molar refractivity (Wildman–Crippen MR) is 125 cm³/mol. The van der Waals surface area contributed by atoms with Crippen molar-refractivity contribution in [3.8, 4) is 5.75 Å². The zero-order chi connectivity index (χ0) is 24.5. The number of imide groups is 1. The van der Waals surface area contributed by atoms with Crippen LogP contribution in [0, 0.1) is 18.8 Å². The lowest BCUT2D eigenvalue weighted by Gasteiger charge is -2.27. The number of nitrogens with zero attached hydrogens (tertiary/aromatic N) is 1. The number of methoxy groups -OCH3 is 1. The lowest BCUT2D eigenvalue weighted by Crippen LogP contribution is -2.51. The fraction of sp³-hybridized carbons (Fsp3) is 0.214. The Kier molecular flexibility index (Phi) is 4.56. The van der Waals surface area contributed by atoms with Crippen LogP contribution in [0.5, 0.6) is 5.75 Å². The molecule has 0 aromatic heterocycles. The standard InChI is InChI=1S/C28H21NO6/c1-15-10-12-17(13-11-15)29-26(32)21-22(27(29)33)28(24(30)19-8-3-4-9-20(19)25(28)31)35-23(21)16-6-5-7-18(14-16)34-2/h3-14,21-23H,1-2H3/t21-,22-,23-/m0/s1. The first-order valence-electron chi connectivity index (χ1n) is 11.3. The number of ether oxygens (including phenoxy) is 2. The quantitative estimate of drug-likeness (QED) is 0.431. The van der Waals surface area contributed by atoms with Crippen LogP contribution in [0.25, 0.3) is 0 Å². The summed E-state index contributed by atoms with van der Waals surface area (Å²) in [5.41, 5.74) is 0.246. The van der Waals surface area contributed by atoms with Gasteiger partial charge in [-0.3, -0.25) is 19.2 Å². The van der Waals surface area contributed by atoms with Gasteiger partial charge in [-0.2, -0.15) is 0 Å². The van der Waals surface area contributed by atoms with Gasteiger partial charge in [0.1, 0.15) is 5.75 Å². The molecule has 3 aliphatic rings. The first kappa shape index (κ1) is 21.4. The van der Waals surface area contributed by atoms with Gasteiger partial charge in [-0.25, -0.2) is 4.90 Å². The first-order chi connectivity index (χ1) is 16.9. The molecule has 0 unspecified atom stereocenters. The smallest absolute Gasteiger partial charge is 0.241 e. The van der Waals surface area contributed by atoms with E-state index < -0.39 is 46.9 Å². The van der Waals surface area contributed by atoms with E-state index in [1.807, 2.05) is 6.92 Å². The third kappa shape index (κ3) is 2.76. The molecule has 6 rings (SSSR count). The number of amides is 2. The number of hydrogen-bond donors (Lipinski definition) is 0. The molecule has 2 fully saturated rings. The Balaban J connectivity index is 1.54. The highest BCUT2D eigenvalue weighted by atomic mass is 16.5. The number of carbonyl (C=O) groups excluding carboxylic acids is 4. The van der Waals surface area contributed by atoms with Crippen molar-refractivity contribution in [3.05, 3.63) is 95.1 Å². The lowest BCUT2D eigenvalue weighted by atomic mass is 9.77. The minimum atomic E-state index is -2.09. The number of ketones is 2. The molecule has 7 heteroatoms. The van der Waals surface area contributed by atoms with Crippen molar-refractivity contribution in [3.63, 3.8) is 0 Å². The summed E-state index contributed by atoms with van der Waals surface area (Å²) in [6.07, 6.45) is -0.982. The van der Waals surface area contributed by atoms with Crippen LogP contribution < -0.4 is 9.64 Å². The predicted octanol–water partition coefficient (Wildman–Crippen LogP) is 3.70. The van der Waals surface area contributed by atoms with E-state index in [1.54, 1.807) is 72.8 Å². The molecule has 3 atom stereocenters. The summed E-state index contributed by atoms with van der Waals surface area (Å²) in [6.45, 7) is 1.90. The van der Waals surface area contributed by atoms with Gasteiger partial charge in [-0.1, -0.05) is 54.1 Å². The van der Waals surface area contributed by atoms with E-state index in [-0.39, 0.29) is 11.1 Å². The molecule has 2 heterocycles. The van der Waals surface area contributed by atoms with E-state index >= 15 is 0 Å². The van der Waals surface area contributed by atoms with Crippen LogP contribution >= 0.6 is 0 Å². The van der Waals surface area contributed by atoms with Crippen molar-refractivity contribution < 1.29 is 28.7 Å². The number of Topliss-reactive ketones (excluding diaryl/α,β-unsaturated/α-hetero) is 2. The van der Waals surface area contributed by atoms with Crippen LogP contribution in [0.2, 0.25) is 0 Å². The summed E-state index contributed by atoms with van der Waals surface area (Å²) >= 11 is 0. The summed E-state index contributed by atoms with van der Waals surface area (Å²) < 4.78 is 11.6. The van der Waals surface area contributed by atoms with Gasteiger partial charge < -0.3 is 9.47 Å². The van der Waals surface area contributed by atoms with Gasteiger partial charge >= 0.3 is 0 Å². The molecule has 0 bridgehead atoms. The molecule has 3 aromatic rings. The maximum atomic E-state index is 13.9. The lowest BCUT2D eigenvalue weighted by molar-refractivity contribution is -0.127. The Labute approximate surface area is 201 Å². The minimum absolute atomic E-state index is 0.205. The normalized spacial score (nSPS) is 24.3. The molecule has 0 radical (unpaired) electrons. The maximum Gasteiger partial charge on any atom is 0.241 e. The molecule has 2 amide bonds. The number of aryl methyl sites for hydroxylation is 1. The number of rotatable bonds is 3. The first-order valence-corrected chi connectivity index (χ1v) is 11.3. The van der Waals surface area contributed by atoms with E-state index in [1.165, 1.54) is 7.11 Å². The second-order valence-corrected chi connectivity index (χ2v) is 9.11. The monoisotopic (exact) mass is 467 g/mol. The Hall–Kier alpha value is -4.10. The van der Waals surface area contributed by atoms with Crippen molar-refractivity contribution in [1.29, 1.82) is 0 Å². The second-order valence-electron chi connectivity index (χ2n) is 9.11. The Morgan fingerprint density at radius 2 is 1.49 bits per heavy atom. The van der Waals surface area contributed by atoms with Crippen LogP contribution in [0.3, 0.4) is 0 Å². The zero-order valence-corrected chi connectivity index (χ0v) is 19.1. The van der Waals surface area contributed by atoms with Crippen LogP contribution in [0.4, 0.5) is 5.69 Å². The van der Waals surface area contributed by atoms with Crippen LogP contribution in [0.15, 0.2) is 72.8 Å². The number of anilines is 1. The highest BCUT2D eigenvalue weighted by Gasteiger charge is 2.74. The molecule has 0 saturated carbocycles. The minimum Gasteiger partial charge on any atom is -0.497 e. The maximum absolute atomic E-state index is 13.9. The second kappa shape index (κ2) is 7.45. The Morgan fingerprint density at radius 3 is 2.11 bits per heavy atom. The molecule has 1 aliphatic carbocycles. The summed E-state index contributed by atoms with van der Waals surface area (Å²) in [5, 5.41) is 0. The molecule has 1 spiro atoms. The third-order valence-electron chi connectivity index (χ3n) is 7.23. The molecular formula is C28H21NO6. The van der Waals surface area contributed by atoms with Crippen molar-refractivity contribution in [2.45, 2.75) is 18.6 Å². The molecule has 3 aromatic carbocycles. The molecule has 7 nitrogen and oxygen atoms in total. The average molecular weight is 467 g/mol. The van der Waals surface area contributed by atoms with Gasteiger partial charge in [0.15, 0.2) is 0 Å². The topological polar surface area (TPSA) is 90.0 Å². The molecule has 0 N–H and O–H groups in total. The van der Waals surface area contributed by atoms with Crippen molar-refractivity contribution in [1.82, 2.24) is 0 Å². The number of fused-ring (bicyclic) bond motifs is 3. The molecule has 35 heavy (non-hydrogen) atoms. The van der Waals surface area contributed by atoms with E-state index in [9.17, 15) is 19.2 Å². The highest BCUT2D eigenvalue weighted by Crippen LogP contribution is 2.57. The van der Waals surface area contributed by atoms with Crippen LogP contribution in [-0.2, 0) is 14.3 Å². The Bertz CT molecular complexity index is 1390.